The third-order valence-electron chi connectivity index (χ3n) is 3.78. The lowest BCUT2D eigenvalue weighted by molar-refractivity contribution is -0.255. The van der Waals surface area contributed by atoms with Crippen molar-refractivity contribution in [3.05, 3.63) is 65.7 Å². The van der Waals surface area contributed by atoms with E-state index in [0.717, 1.165) is 5.56 Å². The molecule has 0 unspecified atom stereocenters. The summed E-state index contributed by atoms with van der Waals surface area (Å²) in [5.41, 5.74) is 1.25. The molecule has 0 radical (unpaired) electrons. The van der Waals surface area contributed by atoms with Gasteiger partial charge in [0, 0.05) is 5.69 Å². The van der Waals surface area contributed by atoms with Gasteiger partial charge in [0.25, 0.3) is 0 Å². The van der Waals surface area contributed by atoms with E-state index in [-0.39, 0.29) is 5.56 Å². The quantitative estimate of drug-likeness (QED) is 0.579. The highest BCUT2D eigenvalue weighted by Crippen LogP contribution is 2.61. The molecule has 2 rings (SSSR count). The molecule has 0 heterocycles. The zero-order valence-corrected chi connectivity index (χ0v) is 16.5. The maximum absolute atomic E-state index is 13.6. The van der Waals surface area contributed by atoms with Crippen LogP contribution >= 0.6 is 7.60 Å². The molecule has 27 heavy (non-hydrogen) atoms. The summed E-state index contributed by atoms with van der Waals surface area (Å²) in [6.45, 7) is 4.45. The molecule has 0 bridgehead atoms. The highest BCUT2D eigenvalue weighted by molar-refractivity contribution is 7.54. The Morgan fingerprint density at radius 3 is 2.22 bits per heavy atom. The number of anilines is 1. The van der Waals surface area contributed by atoms with Crippen LogP contribution in [0.2, 0.25) is 0 Å². The predicted molar refractivity (Wildman–Crippen MR) is 104 cm³/mol. The summed E-state index contributed by atoms with van der Waals surface area (Å²) in [6.07, 6.45) is 1.39. The first kappa shape index (κ1) is 21.2. The van der Waals surface area contributed by atoms with Crippen LogP contribution < -0.4 is 10.4 Å². The molecule has 2 aromatic rings. The smallest absolute Gasteiger partial charge is 0.357 e. The fraction of sp³-hybridized carbons (Fsp3) is 0.350. The van der Waals surface area contributed by atoms with E-state index >= 15 is 0 Å². The van der Waals surface area contributed by atoms with Gasteiger partial charge in [-0.15, -0.1) is 0 Å². The summed E-state index contributed by atoms with van der Waals surface area (Å²) in [5.74, 6) is -2.05. The number of carbonyl (C=O) groups is 1. The fourth-order valence-electron chi connectivity index (χ4n) is 2.50. The van der Waals surface area contributed by atoms with E-state index in [1.165, 1.54) is 12.1 Å². The molecule has 0 amide bonds. The van der Waals surface area contributed by atoms with Gasteiger partial charge in [-0.3, -0.25) is 4.57 Å². The van der Waals surface area contributed by atoms with Crippen LogP contribution in [0.1, 0.15) is 48.4 Å². The Kier molecular flexibility index (Phi) is 8.04. The van der Waals surface area contributed by atoms with Gasteiger partial charge in [-0.1, -0.05) is 56.3 Å². The predicted octanol–water partition coefficient (Wildman–Crippen LogP) is 4.21. The summed E-state index contributed by atoms with van der Waals surface area (Å²) < 4.78 is 25.0. The van der Waals surface area contributed by atoms with Gasteiger partial charge in [-0.05, 0) is 36.1 Å². The van der Waals surface area contributed by atoms with Crippen molar-refractivity contribution < 1.29 is 23.5 Å². The Bertz CT molecular complexity index is 769. The average molecular weight is 390 g/mol. The molecule has 0 aliphatic carbocycles. The normalized spacial score (nSPS) is 12.5. The van der Waals surface area contributed by atoms with E-state index in [2.05, 4.69) is 5.32 Å². The number of rotatable bonds is 11. The van der Waals surface area contributed by atoms with Crippen molar-refractivity contribution in [2.45, 2.75) is 32.5 Å². The second kappa shape index (κ2) is 10.3. The number of hydrogen-bond donors (Lipinski definition) is 1. The van der Waals surface area contributed by atoms with Crippen molar-refractivity contribution in [3.8, 4) is 0 Å². The molecule has 1 atom stereocenters. The lowest BCUT2D eigenvalue weighted by atomic mass is 10.2. The number of aromatic carboxylic acids is 1. The lowest BCUT2D eigenvalue weighted by Gasteiger charge is -2.29. The third-order valence-corrected chi connectivity index (χ3v) is 5.93. The molecule has 0 aliphatic rings. The first-order valence-electron chi connectivity index (χ1n) is 9.02. The molecule has 0 fully saturated rings. The molecular formula is C20H25NO5P-. The Hall–Kier alpha value is -2.14. The first-order chi connectivity index (χ1) is 13.0. The van der Waals surface area contributed by atoms with E-state index in [9.17, 15) is 14.5 Å². The number of carbonyl (C=O) groups excluding carboxylic acids is 1. The van der Waals surface area contributed by atoms with Crippen molar-refractivity contribution in [2.75, 3.05) is 18.5 Å². The van der Waals surface area contributed by atoms with Gasteiger partial charge in [-0.25, -0.2) is 0 Å². The lowest BCUT2D eigenvalue weighted by Crippen LogP contribution is -2.22. The first-order valence-corrected chi connectivity index (χ1v) is 10.6. The van der Waals surface area contributed by atoms with Crippen molar-refractivity contribution in [3.63, 3.8) is 0 Å². The van der Waals surface area contributed by atoms with Crippen LogP contribution in [0.25, 0.3) is 0 Å². The monoisotopic (exact) mass is 390 g/mol. The van der Waals surface area contributed by atoms with Gasteiger partial charge >= 0.3 is 7.60 Å². The molecule has 0 spiro atoms. The minimum absolute atomic E-state index is 0.0330. The Morgan fingerprint density at radius 1 is 1.04 bits per heavy atom. The van der Waals surface area contributed by atoms with Gasteiger partial charge in [0.05, 0.1) is 19.2 Å². The van der Waals surface area contributed by atoms with E-state index in [0.29, 0.717) is 31.7 Å². The summed E-state index contributed by atoms with van der Waals surface area (Å²) in [7, 11) is -3.56. The second-order valence-corrected chi connectivity index (χ2v) is 8.14. The molecule has 2 aromatic carbocycles. The molecule has 146 valence electrons. The molecular weight excluding hydrogens is 365 g/mol. The number of carboxylic acid groups (broad SMARTS) is 1. The average Bonchev–Trinajstić information content (AvgIpc) is 2.69. The largest absolute Gasteiger partial charge is 0.545 e. The van der Waals surface area contributed by atoms with Gasteiger partial charge in [0.2, 0.25) is 0 Å². The van der Waals surface area contributed by atoms with Crippen LogP contribution in [0, 0.1) is 0 Å². The van der Waals surface area contributed by atoms with Crippen LogP contribution in [0.3, 0.4) is 0 Å². The number of hydrogen-bond acceptors (Lipinski definition) is 6. The molecule has 0 saturated carbocycles. The van der Waals surface area contributed by atoms with Crippen molar-refractivity contribution >= 4 is 19.3 Å². The maximum Gasteiger partial charge on any atom is 0.357 e. The Labute approximate surface area is 160 Å². The minimum atomic E-state index is -3.56. The second-order valence-electron chi connectivity index (χ2n) is 6.03. The van der Waals surface area contributed by atoms with E-state index < -0.39 is 19.3 Å². The van der Waals surface area contributed by atoms with E-state index in [4.69, 9.17) is 9.05 Å². The van der Waals surface area contributed by atoms with Gasteiger partial charge in [0.1, 0.15) is 0 Å². The van der Waals surface area contributed by atoms with Crippen LogP contribution in [-0.2, 0) is 13.6 Å². The fourth-order valence-corrected chi connectivity index (χ4v) is 4.59. The number of benzene rings is 2. The third kappa shape index (κ3) is 5.93. The summed E-state index contributed by atoms with van der Waals surface area (Å²) in [4.78, 5) is 11.1. The maximum atomic E-state index is 13.6. The van der Waals surface area contributed by atoms with Crippen LogP contribution in [0.4, 0.5) is 5.69 Å². The van der Waals surface area contributed by atoms with Gasteiger partial charge in [0.15, 0.2) is 5.78 Å². The summed E-state index contributed by atoms with van der Waals surface area (Å²) >= 11 is 0. The molecule has 6 nitrogen and oxygen atoms in total. The highest BCUT2D eigenvalue weighted by Gasteiger charge is 2.37. The zero-order chi connectivity index (χ0) is 19.7. The van der Waals surface area contributed by atoms with Crippen LogP contribution in [0.15, 0.2) is 54.6 Å². The Balaban J connectivity index is 2.42. The van der Waals surface area contributed by atoms with Crippen molar-refractivity contribution in [1.29, 1.82) is 0 Å². The molecule has 0 aromatic heterocycles. The van der Waals surface area contributed by atoms with Gasteiger partial charge in [-0.2, -0.15) is 0 Å². The SMILES string of the molecule is CCCOP(=O)(OCCC)[C@H](Nc1cccc(C(=O)[O-])c1)c1ccccc1. The molecule has 1 N–H and O–H groups in total. The van der Waals surface area contributed by atoms with E-state index in [1.54, 1.807) is 12.1 Å². The molecule has 0 saturated heterocycles. The highest BCUT2D eigenvalue weighted by atomic mass is 31.2. The topological polar surface area (TPSA) is 87.7 Å². The molecule has 7 heteroatoms. The Morgan fingerprint density at radius 2 is 1.67 bits per heavy atom. The number of carboxylic acids is 1. The van der Waals surface area contributed by atoms with E-state index in [1.807, 2.05) is 44.2 Å². The minimum Gasteiger partial charge on any atom is -0.545 e. The van der Waals surface area contributed by atoms with Crippen molar-refractivity contribution in [1.82, 2.24) is 0 Å². The van der Waals surface area contributed by atoms with Crippen molar-refractivity contribution in [2.24, 2.45) is 0 Å². The van der Waals surface area contributed by atoms with Gasteiger partial charge < -0.3 is 24.3 Å². The number of nitrogens with one attached hydrogen (secondary N) is 1. The molecule has 0 aliphatic heterocycles. The standard InChI is InChI=1S/C20H26NO5P/c1-3-13-25-27(24,26-14-4-2)19(16-9-6-5-7-10-16)21-18-12-8-11-17(15-18)20(22)23/h5-12,15,19,21H,3-4,13-14H2,1-2H3,(H,22,23)/p-1/t19-/m0/s1. The van der Waals surface area contributed by atoms with Crippen LogP contribution in [-0.4, -0.2) is 19.2 Å². The zero-order valence-electron chi connectivity index (χ0n) is 15.6. The van der Waals surface area contributed by atoms with Crippen LogP contribution in [0.5, 0.6) is 0 Å². The summed E-state index contributed by atoms with van der Waals surface area (Å²) in [5, 5.41) is 14.3. The summed E-state index contributed by atoms with van der Waals surface area (Å²) in [6, 6.07) is 15.4.